The molecule has 0 aliphatic carbocycles. The Labute approximate surface area is 185 Å². The normalized spacial score (nSPS) is 10.2. The summed E-state index contributed by atoms with van der Waals surface area (Å²) in [5.41, 5.74) is 1.35. The van der Waals surface area contributed by atoms with Crippen molar-refractivity contribution >= 4 is 23.1 Å². The van der Waals surface area contributed by atoms with Gasteiger partial charge in [-0.05, 0) is 72.9 Å². The fourth-order valence-corrected chi connectivity index (χ4v) is 2.55. The van der Waals surface area contributed by atoms with E-state index in [2.05, 4.69) is 45.6 Å². The van der Waals surface area contributed by atoms with E-state index in [1.54, 1.807) is 24.3 Å². The Hall–Kier alpha value is -3.97. The van der Waals surface area contributed by atoms with Crippen LogP contribution in [0.4, 0.5) is 27.6 Å². The summed E-state index contributed by atoms with van der Waals surface area (Å²) in [5.74, 6) is 9.05. The molecule has 3 rings (SSSR count). The topological polar surface area (TPSA) is 21.6 Å². The second-order valence-electron chi connectivity index (χ2n) is 6.14. The van der Waals surface area contributed by atoms with Crippen LogP contribution in [0.3, 0.4) is 0 Å². The van der Waals surface area contributed by atoms with Crippen LogP contribution < -0.4 is 4.74 Å². The van der Waals surface area contributed by atoms with Gasteiger partial charge in [-0.1, -0.05) is 23.7 Å². The second-order valence-corrected chi connectivity index (χ2v) is 6.32. The molecule has 3 aromatic rings. The molecule has 0 radical (unpaired) electrons. The van der Waals surface area contributed by atoms with Crippen molar-refractivity contribution in [2.45, 2.75) is 6.36 Å². The zero-order valence-corrected chi connectivity index (χ0v) is 16.7. The Balaban J connectivity index is 1.70. The van der Waals surface area contributed by atoms with Crippen LogP contribution in [0.25, 0.3) is 0 Å². The molecule has 0 saturated heterocycles. The van der Waals surface area contributed by atoms with E-state index in [4.69, 9.17) is 0 Å². The number of benzene rings is 3. The lowest BCUT2D eigenvalue weighted by molar-refractivity contribution is -0.274. The maximum absolute atomic E-state index is 13.8. The van der Waals surface area contributed by atoms with Crippen molar-refractivity contribution in [3.05, 3.63) is 94.6 Å². The zero-order chi connectivity index (χ0) is 23.1. The van der Waals surface area contributed by atoms with Crippen LogP contribution in [0.2, 0.25) is 0 Å². The molecule has 0 amide bonds. The third-order valence-electron chi connectivity index (χ3n) is 3.85. The minimum absolute atomic E-state index is 0.130. The minimum Gasteiger partial charge on any atom is -0.406 e. The van der Waals surface area contributed by atoms with Crippen molar-refractivity contribution in [2.24, 2.45) is 4.99 Å². The molecule has 8 heteroatoms. The molecule has 3 aromatic carbocycles. The third-order valence-corrected chi connectivity index (χ3v) is 3.94. The Bertz CT molecular complexity index is 1280. The first kappa shape index (κ1) is 22.7. The number of nitrogens with zero attached hydrogens (tertiary/aromatic N) is 1. The molecule has 0 saturated carbocycles. The van der Waals surface area contributed by atoms with Gasteiger partial charge in [0, 0.05) is 22.3 Å². The molecule has 0 spiro atoms. The van der Waals surface area contributed by atoms with Gasteiger partial charge in [-0.25, -0.2) is 8.78 Å². The van der Waals surface area contributed by atoms with Gasteiger partial charge in [0.15, 0.2) is 11.6 Å². The molecule has 0 fully saturated rings. The fraction of sp³-hybridized carbons (Fsp3) is 0.0417. The number of isothiocyanates is 1. The monoisotopic (exact) mass is 455 g/mol. The summed E-state index contributed by atoms with van der Waals surface area (Å²) in [6.07, 6.45) is -4.75. The summed E-state index contributed by atoms with van der Waals surface area (Å²) in [6.45, 7) is 0. The van der Waals surface area contributed by atoms with E-state index in [-0.39, 0.29) is 11.3 Å². The zero-order valence-electron chi connectivity index (χ0n) is 15.9. The molecule has 0 N–H and O–H groups in total. The third kappa shape index (κ3) is 6.52. The van der Waals surface area contributed by atoms with Crippen LogP contribution in [0, 0.1) is 35.3 Å². The first-order valence-electron chi connectivity index (χ1n) is 8.80. The molecule has 0 atom stereocenters. The summed E-state index contributed by atoms with van der Waals surface area (Å²) in [6, 6.07) is 14.0. The molecule has 0 aliphatic heterocycles. The summed E-state index contributed by atoms with van der Waals surface area (Å²) in [4.78, 5) is 3.33. The van der Waals surface area contributed by atoms with Crippen molar-refractivity contribution in [3.8, 4) is 29.4 Å². The Morgan fingerprint density at radius 1 is 0.688 bits per heavy atom. The van der Waals surface area contributed by atoms with Crippen LogP contribution in [-0.4, -0.2) is 11.5 Å². The lowest BCUT2D eigenvalue weighted by Gasteiger charge is -2.07. The number of thiocarbonyl (C=S) groups is 1. The Kier molecular flexibility index (Phi) is 7.02. The summed E-state index contributed by atoms with van der Waals surface area (Å²) >= 11 is 4.35. The van der Waals surface area contributed by atoms with Crippen molar-refractivity contribution in [3.63, 3.8) is 0 Å². The van der Waals surface area contributed by atoms with E-state index in [1.807, 2.05) is 5.16 Å². The highest BCUT2D eigenvalue weighted by Crippen LogP contribution is 2.23. The van der Waals surface area contributed by atoms with Gasteiger partial charge in [0.05, 0.1) is 5.16 Å². The lowest BCUT2D eigenvalue weighted by Crippen LogP contribution is -2.16. The molecule has 32 heavy (non-hydrogen) atoms. The van der Waals surface area contributed by atoms with Gasteiger partial charge in [0.2, 0.25) is 0 Å². The standard InChI is InChI=1S/C24H10F5NOS/c25-21-13-19(14-22(26)23(21)30-15-32)8-7-17-3-1-16(2-4-17)5-6-18-9-11-20(12-10-18)31-24(27,28)29/h1-4,9-14H. The molecule has 0 aromatic heterocycles. The first-order chi connectivity index (χ1) is 15.2. The minimum atomic E-state index is -4.75. The second kappa shape index (κ2) is 9.89. The molecular weight excluding hydrogens is 445 g/mol. The summed E-state index contributed by atoms with van der Waals surface area (Å²) < 4.78 is 68.0. The van der Waals surface area contributed by atoms with Gasteiger partial charge < -0.3 is 4.74 Å². The quantitative estimate of drug-likeness (QED) is 0.193. The Morgan fingerprint density at radius 3 is 1.50 bits per heavy atom. The average molecular weight is 455 g/mol. The van der Waals surface area contributed by atoms with Crippen molar-refractivity contribution < 1.29 is 26.7 Å². The van der Waals surface area contributed by atoms with Crippen LogP contribution in [0.5, 0.6) is 5.75 Å². The van der Waals surface area contributed by atoms with E-state index >= 15 is 0 Å². The number of hydrogen-bond acceptors (Lipinski definition) is 3. The summed E-state index contributed by atoms with van der Waals surface area (Å²) in [7, 11) is 0. The van der Waals surface area contributed by atoms with Gasteiger partial charge in [-0.2, -0.15) is 4.99 Å². The number of aliphatic imine (C=N–C) groups is 1. The molecule has 0 bridgehead atoms. The van der Waals surface area contributed by atoms with E-state index in [9.17, 15) is 22.0 Å². The van der Waals surface area contributed by atoms with Gasteiger partial charge in [0.1, 0.15) is 11.4 Å². The molecular formula is C24H10F5NOS. The largest absolute Gasteiger partial charge is 0.573 e. The maximum Gasteiger partial charge on any atom is 0.573 e. The van der Waals surface area contributed by atoms with Crippen molar-refractivity contribution in [1.29, 1.82) is 0 Å². The molecule has 0 heterocycles. The predicted molar refractivity (Wildman–Crippen MR) is 113 cm³/mol. The van der Waals surface area contributed by atoms with Gasteiger partial charge in [-0.3, -0.25) is 0 Å². The maximum atomic E-state index is 13.8. The highest BCUT2D eigenvalue weighted by Gasteiger charge is 2.30. The predicted octanol–water partition coefficient (Wildman–Crippen LogP) is 6.40. The van der Waals surface area contributed by atoms with E-state index < -0.39 is 23.7 Å². The highest BCUT2D eigenvalue weighted by atomic mass is 32.1. The van der Waals surface area contributed by atoms with Gasteiger partial charge in [-0.15, -0.1) is 13.2 Å². The fourth-order valence-electron chi connectivity index (χ4n) is 2.46. The number of alkyl halides is 3. The van der Waals surface area contributed by atoms with E-state index in [0.29, 0.717) is 16.7 Å². The van der Waals surface area contributed by atoms with Gasteiger partial charge >= 0.3 is 6.36 Å². The van der Waals surface area contributed by atoms with Crippen LogP contribution in [0.15, 0.2) is 65.7 Å². The number of halogens is 5. The summed E-state index contributed by atoms with van der Waals surface area (Å²) in [5, 5.41) is 1.91. The molecule has 0 aliphatic rings. The molecule has 158 valence electrons. The van der Waals surface area contributed by atoms with Crippen LogP contribution >= 0.6 is 12.2 Å². The molecule has 2 nitrogen and oxygen atoms in total. The van der Waals surface area contributed by atoms with Crippen molar-refractivity contribution in [1.82, 2.24) is 0 Å². The van der Waals surface area contributed by atoms with Crippen LogP contribution in [-0.2, 0) is 0 Å². The average Bonchev–Trinajstić information content (AvgIpc) is 2.74. The number of rotatable bonds is 2. The van der Waals surface area contributed by atoms with Crippen LogP contribution in [0.1, 0.15) is 22.3 Å². The number of hydrogen-bond donors (Lipinski definition) is 0. The van der Waals surface area contributed by atoms with Crippen molar-refractivity contribution in [2.75, 3.05) is 0 Å². The SMILES string of the molecule is Fc1cc(C#Cc2ccc(C#Cc3ccc(OC(F)(F)F)cc3)cc2)cc(F)c1N=C=S. The number of ether oxygens (including phenoxy) is 1. The Morgan fingerprint density at radius 2 is 1.09 bits per heavy atom. The molecule has 0 unspecified atom stereocenters. The smallest absolute Gasteiger partial charge is 0.406 e. The lowest BCUT2D eigenvalue weighted by atomic mass is 10.1. The highest BCUT2D eigenvalue weighted by molar-refractivity contribution is 7.78. The van der Waals surface area contributed by atoms with E-state index in [1.165, 1.54) is 24.3 Å². The van der Waals surface area contributed by atoms with Gasteiger partial charge in [0.25, 0.3) is 0 Å². The van der Waals surface area contributed by atoms with E-state index in [0.717, 1.165) is 12.1 Å². The first-order valence-corrected chi connectivity index (χ1v) is 9.21.